The molecule has 28 heavy (non-hydrogen) atoms. The predicted molar refractivity (Wildman–Crippen MR) is 108 cm³/mol. The van der Waals surface area contributed by atoms with Gasteiger partial charge in [0.05, 0.1) is 6.54 Å². The summed E-state index contributed by atoms with van der Waals surface area (Å²) < 4.78 is 1.73. The van der Waals surface area contributed by atoms with Gasteiger partial charge >= 0.3 is 0 Å². The lowest BCUT2D eigenvalue weighted by Crippen LogP contribution is -2.52. The van der Waals surface area contributed by atoms with Crippen LogP contribution in [-0.2, 0) is 9.59 Å². The van der Waals surface area contributed by atoms with Crippen LogP contribution in [0.3, 0.4) is 0 Å². The van der Waals surface area contributed by atoms with Crippen LogP contribution in [-0.4, -0.2) is 39.5 Å². The number of aromatic nitrogens is 3. The second-order valence-corrected chi connectivity index (χ2v) is 6.91. The Hall–Kier alpha value is -3.19. The van der Waals surface area contributed by atoms with E-state index in [-0.39, 0.29) is 11.8 Å². The molecule has 1 aromatic carbocycles. The molecule has 0 radical (unpaired) electrons. The minimum absolute atomic E-state index is 0.125. The van der Waals surface area contributed by atoms with Gasteiger partial charge in [-0.1, -0.05) is 23.7 Å². The molecule has 142 valence electrons. The SMILES string of the molecule is CC(=O)N1CCN(C(C)=O)n2c1nc(-c1ccc(Cl)cc1)c2-c1ccncc1. The molecule has 0 fully saturated rings. The number of pyridine rings is 1. The first-order chi connectivity index (χ1) is 13.5. The van der Waals surface area contributed by atoms with Gasteiger partial charge in [-0.2, -0.15) is 0 Å². The Bertz CT molecular complexity index is 1050. The Morgan fingerprint density at radius 1 is 0.929 bits per heavy atom. The number of benzene rings is 1. The minimum atomic E-state index is -0.126. The highest BCUT2D eigenvalue weighted by Gasteiger charge is 2.33. The molecule has 0 N–H and O–H groups in total. The summed E-state index contributed by atoms with van der Waals surface area (Å²) in [4.78, 5) is 35.0. The van der Waals surface area contributed by atoms with Gasteiger partial charge in [0.2, 0.25) is 17.8 Å². The van der Waals surface area contributed by atoms with Crippen LogP contribution in [0, 0.1) is 0 Å². The van der Waals surface area contributed by atoms with Crippen LogP contribution in [0.5, 0.6) is 0 Å². The fourth-order valence-corrected chi connectivity index (χ4v) is 3.50. The Kier molecular flexibility index (Phi) is 4.60. The van der Waals surface area contributed by atoms with Crippen molar-refractivity contribution in [2.24, 2.45) is 0 Å². The summed E-state index contributed by atoms with van der Waals surface area (Å²) in [5, 5.41) is 2.23. The predicted octanol–water partition coefficient (Wildman–Crippen LogP) is 3.12. The Balaban J connectivity index is 2.04. The highest BCUT2D eigenvalue weighted by molar-refractivity contribution is 6.30. The number of hydrogen-bond acceptors (Lipinski definition) is 4. The lowest BCUT2D eigenvalue weighted by molar-refractivity contribution is -0.119. The van der Waals surface area contributed by atoms with Crippen molar-refractivity contribution in [3.63, 3.8) is 0 Å². The zero-order valence-corrected chi connectivity index (χ0v) is 16.2. The van der Waals surface area contributed by atoms with Crippen molar-refractivity contribution in [1.82, 2.24) is 14.6 Å². The molecule has 4 rings (SSSR count). The van der Waals surface area contributed by atoms with Crippen LogP contribution in [0.1, 0.15) is 13.8 Å². The number of halogens is 1. The van der Waals surface area contributed by atoms with Gasteiger partial charge in [-0.05, 0) is 24.3 Å². The molecule has 1 aliphatic rings. The van der Waals surface area contributed by atoms with E-state index in [0.29, 0.717) is 29.8 Å². The molecule has 0 aliphatic carbocycles. The van der Waals surface area contributed by atoms with Gasteiger partial charge in [0.1, 0.15) is 11.4 Å². The molecule has 0 atom stereocenters. The van der Waals surface area contributed by atoms with Crippen molar-refractivity contribution >= 4 is 29.4 Å². The van der Waals surface area contributed by atoms with Crippen LogP contribution in [0.15, 0.2) is 48.8 Å². The maximum atomic E-state index is 12.4. The molecule has 0 saturated carbocycles. The molecule has 8 heteroatoms. The zero-order valence-electron chi connectivity index (χ0n) is 15.5. The lowest BCUT2D eigenvalue weighted by Gasteiger charge is -2.35. The first-order valence-electron chi connectivity index (χ1n) is 8.83. The highest BCUT2D eigenvalue weighted by atomic mass is 35.5. The molecule has 0 spiro atoms. The summed E-state index contributed by atoms with van der Waals surface area (Å²) in [5.41, 5.74) is 3.07. The van der Waals surface area contributed by atoms with E-state index in [1.165, 1.54) is 13.8 Å². The van der Waals surface area contributed by atoms with Crippen molar-refractivity contribution in [2.45, 2.75) is 13.8 Å². The molecule has 2 amide bonds. The molecule has 0 unspecified atom stereocenters. The van der Waals surface area contributed by atoms with Crippen molar-refractivity contribution in [2.75, 3.05) is 23.0 Å². The first kappa shape index (κ1) is 18.2. The van der Waals surface area contributed by atoms with Crippen LogP contribution < -0.4 is 9.91 Å². The molecular formula is C20H18ClN5O2. The van der Waals surface area contributed by atoms with E-state index >= 15 is 0 Å². The molecule has 0 saturated heterocycles. The number of fused-ring (bicyclic) bond motifs is 1. The highest BCUT2D eigenvalue weighted by Crippen LogP contribution is 2.37. The average Bonchev–Trinajstić information content (AvgIpc) is 3.08. The normalized spacial score (nSPS) is 13.4. The number of imidazole rings is 1. The largest absolute Gasteiger partial charge is 0.279 e. The van der Waals surface area contributed by atoms with Crippen LogP contribution in [0.25, 0.3) is 22.5 Å². The van der Waals surface area contributed by atoms with Crippen LogP contribution >= 0.6 is 11.6 Å². The fourth-order valence-electron chi connectivity index (χ4n) is 3.37. The van der Waals surface area contributed by atoms with Gasteiger partial charge in [0.25, 0.3) is 0 Å². The molecule has 0 bridgehead atoms. The first-order valence-corrected chi connectivity index (χ1v) is 9.20. The maximum Gasteiger partial charge on any atom is 0.238 e. The smallest absolute Gasteiger partial charge is 0.238 e. The molecule has 2 aromatic heterocycles. The quantitative estimate of drug-likeness (QED) is 0.668. The monoisotopic (exact) mass is 395 g/mol. The summed E-state index contributed by atoms with van der Waals surface area (Å²) in [5.74, 6) is 0.170. The summed E-state index contributed by atoms with van der Waals surface area (Å²) >= 11 is 6.05. The Labute approximate surface area is 167 Å². The Morgan fingerprint density at radius 2 is 1.61 bits per heavy atom. The van der Waals surface area contributed by atoms with Crippen molar-refractivity contribution in [1.29, 1.82) is 0 Å². The number of hydrogen-bond donors (Lipinski definition) is 0. The molecule has 1 aliphatic heterocycles. The van der Waals surface area contributed by atoms with Gasteiger partial charge in [0.15, 0.2) is 0 Å². The third-order valence-electron chi connectivity index (χ3n) is 4.67. The van der Waals surface area contributed by atoms with E-state index in [1.54, 1.807) is 39.1 Å². The van der Waals surface area contributed by atoms with Gasteiger partial charge in [-0.25, -0.2) is 14.7 Å². The summed E-state index contributed by atoms with van der Waals surface area (Å²) in [7, 11) is 0. The second-order valence-electron chi connectivity index (χ2n) is 6.48. The summed E-state index contributed by atoms with van der Waals surface area (Å²) in [6.45, 7) is 3.78. The van der Waals surface area contributed by atoms with E-state index in [4.69, 9.17) is 16.6 Å². The van der Waals surface area contributed by atoms with Crippen molar-refractivity contribution in [3.05, 3.63) is 53.8 Å². The minimum Gasteiger partial charge on any atom is -0.279 e. The van der Waals surface area contributed by atoms with Gasteiger partial charge in [-0.3, -0.25) is 19.5 Å². The van der Waals surface area contributed by atoms with Gasteiger partial charge in [-0.15, -0.1) is 0 Å². The van der Waals surface area contributed by atoms with E-state index < -0.39 is 0 Å². The number of nitrogens with zero attached hydrogens (tertiary/aromatic N) is 5. The van der Waals surface area contributed by atoms with Crippen LogP contribution in [0.2, 0.25) is 5.02 Å². The number of carbonyl (C=O) groups is 2. The topological polar surface area (TPSA) is 71.3 Å². The molecular weight excluding hydrogens is 378 g/mol. The second kappa shape index (κ2) is 7.09. The van der Waals surface area contributed by atoms with Crippen molar-refractivity contribution < 1.29 is 9.59 Å². The average molecular weight is 396 g/mol. The molecule has 7 nitrogen and oxygen atoms in total. The van der Waals surface area contributed by atoms with Gasteiger partial charge < -0.3 is 0 Å². The van der Waals surface area contributed by atoms with E-state index in [2.05, 4.69) is 4.98 Å². The van der Waals surface area contributed by atoms with E-state index in [9.17, 15) is 9.59 Å². The van der Waals surface area contributed by atoms with Gasteiger partial charge in [0, 0.05) is 48.9 Å². The number of carbonyl (C=O) groups excluding carboxylic acids is 2. The third kappa shape index (κ3) is 3.03. The van der Waals surface area contributed by atoms with Crippen LogP contribution in [0.4, 0.5) is 5.95 Å². The van der Waals surface area contributed by atoms with Crippen molar-refractivity contribution in [3.8, 4) is 22.5 Å². The number of rotatable bonds is 2. The summed E-state index contributed by atoms with van der Waals surface area (Å²) in [6.07, 6.45) is 3.37. The number of amides is 2. The Morgan fingerprint density at radius 3 is 2.21 bits per heavy atom. The van der Waals surface area contributed by atoms with E-state index in [1.807, 2.05) is 24.3 Å². The zero-order chi connectivity index (χ0) is 19.8. The lowest BCUT2D eigenvalue weighted by atomic mass is 10.1. The maximum absolute atomic E-state index is 12.4. The molecule has 3 heterocycles. The summed E-state index contributed by atoms with van der Waals surface area (Å²) in [6, 6.07) is 11.0. The molecule has 3 aromatic rings. The van der Waals surface area contributed by atoms with E-state index in [0.717, 1.165) is 16.8 Å². The standard InChI is InChI=1S/C20H18ClN5O2/c1-13(27)24-11-12-25(14(2)28)26-19(16-7-9-22-10-8-16)18(23-20(24)26)15-3-5-17(21)6-4-15/h3-10H,11-12H2,1-2H3. The fraction of sp³-hybridized carbons (Fsp3) is 0.200. The number of anilines is 1. The third-order valence-corrected chi connectivity index (χ3v) is 4.92.